The van der Waals surface area contributed by atoms with Crippen molar-refractivity contribution >= 4 is 29.3 Å². The zero-order chi connectivity index (χ0) is 15.9. The summed E-state index contributed by atoms with van der Waals surface area (Å²) in [5.41, 5.74) is 1.62. The number of carbonyl (C=O) groups is 1. The lowest BCUT2D eigenvalue weighted by Gasteiger charge is -2.10. The van der Waals surface area contributed by atoms with Crippen molar-refractivity contribution in [3.05, 3.63) is 64.7 Å². The smallest absolute Gasteiger partial charge is 0.339 e. The van der Waals surface area contributed by atoms with Gasteiger partial charge < -0.3 is 9.84 Å². The number of esters is 1. The molecule has 3 nitrogen and oxygen atoms in total. The van der Waals surface area contributed by atoms with Gasteiger partial charge in [0.25, 0.3) is 0 Å². The van der Waals surface area contributed by atoms with Crippen molar-refractivity contribution in [1.29, 1.82) is 0 Å². The van der Waals surface area contributed by atoms with E-state index in [1.807, 2.05) is 36.4 Å². The third-order valence-corrected chi connectivity index (χ3v) is 4.62. The number of hydrogen-bond acceptors (Lipinski definition) is 4. The molecule has 0 heterocycles. The minimum absolute atomic E-state index is 0.252. The van der Waals surface area contributed by atoms with Crippen molar-refractivity contribution in [2.45, 2.75) is 23.7 Å². The first-order chi connectivity index (χ1) is 10.6. The molecule has 22 heavy (non-hydrogen) atoms. The van der Waals surface area contributed by atoms with Crippen molar-refractivity contribution in [1.82, 2.24) is 0 Å². The lowest BCUT2D eigenvalue weighted by molar-refractivity contribution is -0.153. The largest absolute Gasteiger partial charge is 0.464 e. The monoisotopic (exact) mass is 336 g/mol. The maximum atomic E-state index is 11.5. The van der Waals surface area contributed by atoms with Crippen molar-refractivity contribution in [2.24, 2.45) is 0 Å². The zero-order valence-corrected chi connectivity index (χ0v) is 13.7. The van der Waals surface area contributed by atoms with E-state index in [9.17, 15) is 9.90 Å². The topological polar surface area (TPSA) is 46.5 Å². The highest BCUT2D eigenvalue weighted by Crippen LogP contribution is 2.29. The SMILES string of the molecule is CCOC(=O)C(O)c1ccc(CSc2ccccc2Cl)cc1. The molecule has 1 N–H and O–H groups in total. The quantitative estimate of drug-likeness (QED) is 0.633. The molecular formula is C17H17ClO3S. The molecule has 0 saturated heterocycles. The number of aliphatic hydroxyl groups is 1. The summed E-state index contributed by atoms with van der Waals surface area (Å²) in [6.45, 7) is 1.96. The summed E-state index contributed by atoms with van der Waals surface area (Å²) in [5, 5.41) is 10.6. The highest BCUT2D eigenvalue weighted by Gasteiger charge is 2.18. The van der Waals surface area contributed by atoms with E-state index in [0.29, 0.717) is 5.56 Å². The molecule has 0 aliphatic heterocycles. The van der Waals surface area contributed by atoms with Crippen molar-refractivity contribution in [3.8, 4) is 0 Å². The fraction of sp³-hybridized carbons (Fsp3) is 0.235. The van der Waals surface area contributed by atoms with Crippen LogP contribution >= 0.6 is 23.4 Å². The summed E-state index contributed by atoms with van der Waals surface area (Å²) in [6, 6.07) is 15.0. The third kappa shape index (κ3) is 4.50. The van der Waals surface area contributed by atoms with Crippen LogP contribution in [-0.4, -0.2) is 17.7 Å². The van der Waals surface area contributed by atoms with Gasteiger partial charge >= 0.3 is 5.97 Å². The summed E-state index contributed by atoms with van der Waals surface area (Å²) in [5.74, 6) is 0.139. The number of halogens is 1. The molecule has 0 spiro atoms. The van der Waals surface area contributed by atoms with Gasteiger partial charge in [-0.25, -0.2) is 4.79 Å². The Labute approximate surface area is 139 Å². The van der Waals surface area contributed by atoms with Crippen LogP contribution in [0.1, 0.15) is 24.2 Å². The van der Waals surface area contributed by atoms with Gasteiger partial charge in [0, 0.05) is 10.6 Å². The molecule has 0 amide bonds. The van der Waals surface area contributed by atoms with Gasteiger partial charge in [-0.05, 0) is 30.2 Å². The normalized spacial score (nSPS) is 12.0. The predicted molar refractivity (Wildman–Crippen MR) is 89.0 cm³/mol. The van der Waals surface area contributed by atoms with E-state index in [2.05, 4.69) is 0 Å². The Hall–Kier alpha value is -1.49. The molecule has 0 aliphatic rings. The molecule has 0 aliphatic carbocycles. The second-order valence-corrected chi connectivity index (χ2v) is 6.04. The van der Waals surface area contributed by atoms with Gasteiger partial charge in [0.05, 0.1) is 11.6 Å². The van der Waals surface area contributed by atoms with Crippen LogP contribution in [0.5, 0.6) is 0 Å². The molecule has 1 unspecified atom stereocenters. The number of rotatable bonds is 6. The molecule has 0 saturated carbocycles. The maximum absolute atomic E-state index is 11.5. The van der Waals surface area contributed by atoms with Crippen LogP contribution in [0.3, 0.4) is 0 Å². The van der Waals surface area contributed by atoms with Gasteiger partial charge in [0.2, 0.25) is 0 Å². The van der Waals surface area contributed by atoms with Gasteiger partial charge in [-0.3, -0.25) is 0 Å². The molecule has 0 aromatic heterocycles. The van der Waals surface area contributed by atoms with Crippen LogP contribution in [0.4, 0.5) is 0 Å². The summed E-state index contributed by atoms with van der Waals surface area (Å²) >= 11 is 7.76. The Balaban J connectivity index is 1.97. The summed E-state index contributed by atoms with van der Waals surface area (Å²) < 4.78 is 4.80. The first-order valence-electron chi connectivity index (χ1n) is 6.92. The van der Waals surface area contributed by atoms with Crippen LogP contribution < -0.4 is 0 Å². The predicted octanol–water partition coefficient (Wildman–Crippen LogP) is 4.23. The van der Waals surface area contributed by atoms with Crippen LogP contribution in [0.25, 0.3) is 0 Å². The molecule has 0 radical (unpaired) electrons. The fourth-order valence-corrected chi connectivity index (χ4v) is 3.07. The van der Waals surface area contributed by atoms with Gasteiger partial charge in [-0.1, -0.05) is 48.0 Å². The second kappa shape index (κ2) is 8.22. The van der Waals surface area contributed by atoms with Crippen molar-refractivity contribution in [2.75, 3.05) is 6.61 Å². The van der Waals surface area contributed by atoms with E-state index < -0.39 is 12.1 Å². The van der Waals surface area contributed by atoms with E-state index >= 15 is 0 Å². The number of hydrogen-bond donors (Lipinski definition) is 1. The Morgan fingerprint density at radius 3 is 2.55 bits per heavy atom. The lowest BCUT2D eigenvalue weighted by atomic mass is 10.1. The highest BCUT2D eigenvalue weighted by atomic mass is 35.5. The van der Waals surface area contributed by atoms with E-state index in [0.717, 1.165) is 21.2 Å². The molecular weight excluding hydrogens is 320 g/mol. The Bertz CT molecular complexity index is 628. The van der Waals surface area contributed by atoms with E-state index in [1.54, 1.807) is 30.8 Å². The van der Waals surface area contributed by atoms with E-state index in [-0.39, 0.29) is 6.61 Å². The number of carbonyl (C=O) groups excluding carboxylic acids is 1. The molecule has 2 aromatic rings. The summed E-state index contributed by atoms with van der Waals surface area (Å²) in [4.78, 5) is 12.5. The standard InChI is InChI=1S/C17H17ClO3S/c1-2-21-17(20)16(19)13-9-7-12(8-10-13)11-22-15-6-4-3-5-14(15)18/h3-10,16,19H,2,11H2,1H3. The van der Waals surface area contributed by atoms with Gasteiger partial charge in [0.1, 0.15) is 0 Å². The van der Waals surface area contributed by atoms with Gasteiger partial charge in [-0.15, -0.1) is 11.8 Å². The molecule has 0 bridgehead atoms. The maximum Gasteiger partial charge on any atom is 0.339 e. The summed E-state index contributed by atoms with van der Waals surface area (Å²) in [7, 11) is 0. The van der Waals surface area contributed by atoms with Crippen molar-refractivity contribution < 1.29 is 14.6 Å². The molecule has 1 atom stereocenters. The first kappa shape index (κ1) is 16.9. The van der Waals surface area contributed by atoms with Gasteiger partial charge in [0.15, 0.2) is 6.10 Å². The van der Waals surface area contributed by atoms with Crippen LogP contribution in [0.2, 0.25) is 5.02 Å². The Morgan fingerprint density at radius 2 is 1.91 bits per heavy atom. The average molecular weight is 337 g/mol. The Morgan fingerprint density at radius 1 is 1.23 bits per heavy atom. The number of aliphatic hydroxyl groups excluding tert-OH is 1. The molecule has 116 valence electrons. The van der Waals surface area contributed by atoms with Crippen LogP contribution in [0.15, 0.2) is 53.4 Å². The van der Waals surface area contributed by atoms with Gasteiger partial charge in [-0.2, -0.15) is 0 Å². The van der Waals surface area contributed by atoms with Crippen molar-refractivity contribution in [3.63, 3.8) is 0 Å². The minimum Gasteiger partial charge on any atom is -0.464 e. The summed E-state index contributed by atoms with van der Waals surface area (Å²) in [6.07, 6.45) is -1.23. The highest BCUT2D eigenvalue weighted by molar-refractivity contribution is 7.98. The van der Waals surface area contributed by atoms with Crippen LogP contribution in [-0.2, 0) is 15.3 Å². The fourth-order valence-electron chi connectivity index (χ4n) is 1.88. The first-order valence-corrected chi connectivity index (χ1v) is 8.29. The molecule has 2 rings (SSSR count). The van der Waals surface area contributed by atoms with E-state index in [1.165, 1.54) is 0 Å². The second-order valence-electron chi connectivity index (χ2n) is 4.62. The van der Waals surface area contributed by atoms with Crippen LogP contribution in [0, 0.1) is 0 Å². The third-order valence-electron chi connectivity index (χ3n) is 3.04. The minimum atomic E-state index is -1.23. The molecule has 2 aromatic carbocycles. The lowest BCUT2D eigenvalue weighted by Crippen LogP contribution is -2.15. The zero-order valence-electron chi connectivity index (χ0n) is 12.2. The molecule has 5 heteroatoms. The number of thioether (sulfide) groups is 1. The average Bonchev–Trinajstić information content (AvgIpc) is 2.54. The Kier molecular flexibility index (Phi) is 6.31. The number of benzene rings is 2. The number of ether oxygens (including phenoxy) is 1. The molecule has 0 fully saturated rings. The van der Waals surface area contributed by atoms with E-state index in [4.69, 9.17) is 16.3 Å².